The molecular weight excluding hydrogens is 381 g/mol. The third-order valence-corrected chi connectivity index (χ3v) is 4.90. The minimum absolute atomic E-state index is 0.252. The lowest BCUT2D eigenvalue weighted by molar-refractivity contribution is 0.282. The van der Waals surface area contributed by atoms with Gasteiger partial charge in [-0.15, -0.1) is 0 Å². The number of hydrogen-bond donors (Lipinski definition) is 1. The van der Waals surface area contributed by atoms with Gasteiger partial charge in [-0.1, -0.05) is 17.7 Å². The fourth-order valence-electron chi connectivity index (χ4n) is 3.11. The summed E-state index contributed by atoms with van der Waals surface area (Å²) in [6.07, 6.45) is 6.19. The average molecular weight is 398 g/mol. The molecule has 0 unspecified atom stereocenters. The van der Waals surface area contributed by atoms with E-state index in [4.69, 9.17) is 16.9 Å². The summed E-state index contributed by atoms with van der Waals surface area (Å²) in [4.78, 5) is 14.4. The Hall–Kier alpha value is -3.02. The largest absolute Gasteiger partial charge is 0.322 e. The van der Waals surface area contributed by atoms with Gasteiger partial charge in [-0.2, -0.15) is 5.26 Å². The second-order valence-corrected chi connectivity index (χ2v) is 6.99. The van der Waals surface area contributed by atoms with E-state index in [1.54, 1.807) is 12.5 Å². The summed E-state index contributed by atoms with van der Waals surface area (Å²) in [7, 11) is 0. The molecule has 1 aliphatic rings. The van der Waals surface area contributed by atoms with Gasteiger partial charge in [0.05, 0.1) is 18.6 Å². The van der Waals surface area contributed by atoms with E-state index in [1.165, 1.54) is 12.4 Å². The van der Waals surface area contributed by atoms with Gasteiger partial charge in [0, 0.05) is 30.3 Å². The molecule has 3 aromatic rings. The zero-order chi connectivity index (χ0) is 19.5. The maximum Gasteiger partial charge on any atom is 0.158 e. The molecule has 0 saturated carbocycles. The number of nitrogens with one attached hydrogen (secondary N) is 1. The van der Waals surface area contributed by atoms with Crippen molar-refractivity contribution in [3.05, 3.63) is 59.4 Å². The summed E-state index contributed by atoms with van der Waals surface area (Å²) in [5.41, 5.74) is 2.10. The van der Waals surface area contributed by atoms with Crippen LogP contribution in [0.25, 0.3) is 5.69 Å². The molecule has 1 aliphatic heterocycles. The third kappa shape index (κ3) is 4.11. The number of imidazole rings is 1. The SMILES string of the molecule is N#Cc1cnc(Nc2cn(-c3ccc(CN4CC[C@@H](F)C4)c(Cl)c3)cn2)cn1. The molecule has 0 amide bonds. The summed E-state index contributed by atoms with van der Waals surface area (Å²) in [6.45, 7) is 1.87. The molecule has 0 spiro atoms. The number of likely N-dealkylation sites (tertiary alicyclic amines) is 1. The first kappa shape index (κ1) is 18.3. The van der Waals surface area contributed by atoms with Gasteiger partial charge in [0.25, 0.3) is 0 Å². The van der Waals surface area contributed by atoms with Gasteiger partial charge >= 0.3 is 0 Å². The van der Waals surface area contributed by atoms with E-state index in [9.17, 15) is 4.39 Å². The van der Waals surface area contributed by atoms with Gasteiger partial charge in [-0.25, -0.2) is 19.3 Å². The number of rotatable bonds is 5. The molecule has 2 aromatic heterocycles. The molecule has 0 bridgehead atoms. The molecule has 1 saturated heterocycles. The highest BCUT2D eigenvalue weighted by Crippen LogP contribution is 2.24. The van der Waals surface area contributed by atoms with Crippen molar-refractivity contribution in [2.75, 3.05) is 18.4 Å². The monoisotopic (exact) mass is 397 g/mol. The van der Waals surface area contributed by atoms with Crippen LogP contribution in [0.2, 0.25) is 5.02 Å². The second-order valence-electron chi connectivity index (χ2n) is 6.59. The van der Waals surface area contributed by atoms with Gasteiger partial charge in [0.2, 0.25) is 0 Å². The van der Waals surface area contributed by atoms with Crippen molar-refractivity contribution in [3.8, 4) is 11.8 Å². The van der Waals surface area contributed by atoms with E-state index in [0.717, 1.165) is 17.8 Å². The minimum atomic E-state index is -0.740. The van der Waals surface area contributed by atoms with Crippen molar-refractivity contribution < 1.29 is 4.39 Å². The number of halogens is 2. The minimum Gasteiger partial charge on any atom is -0.322 e. The van der Waals surface area contributed by atoms with E-state index in [1.807, 2.05) is 28.8 Å². The number of alkyl halides is 1. The van der Waals surface area contributed by atoms with Crippen LogP contribution in [0.15, 0.2) is 43.1 Å². The first-order chi connectivity index (χ1) is 13.6. The molecule has 142 valence electrons. The lowest BCUT2D eigenvalue weighted by Crippen LogP contribution is -2.20. The van der Waals surface area contributed by atoms with Crippen molar-refractivity contribution in [1.82, 2.24) is 24.4 Å². The van der Waals surface area contributed by atoms with Crippen LogP contribution in [0.1, 0.15) is 17.7 Å². The topological polar surface area (TPSA) is 82.7 Å². The number of benzene rings is 1. The maximum atomic E-state index is 13.3. The Kier molecular flexibility index (Phi) is 5.19. The summed E-state index contributed by atoms with van der Waals surface area (Å²) in [6, 6.07) is 7.71. The lowest BCUT2D eigenvalue weighted by Gasteiger charge is -2.16. The molecule has 1 N–H and O–H groups in total. The Bertz CT molecular complexity index is 1010. The Balaban J connectivity index is 1.45. The quantitative estimate of drug-likeness (QED) is 0.709. The molecule has 0 aliphatic carbocycles. The lowest BCUT2D eigenvalue weighted by atomic mass is 10.2. The van der Waals surface area contributed by atoms with Crippen LogP contribution < -0.4 is 5.32 Å². The van der Waals surface area contributed by atoms with Gasteiger partial charge in [-0.05, 0) is 24.1 Å². The van der Waals surface area contributed by atoms with Crippen LogP contribution in [-0.2, 0) is 6.54 Å². The first-order valence-corrected chi connectivity index (χ1v) is 9.17. The van der Waals surface area contributed by atoms with Gasteiger partial charge in [-0.3, -0.25) is 4.90 Å². The van der Waals surface area contributed by atoms with Crippen molar-refractivity contribution in [1.29, 1.82) is 5.26 Å². The average Bonchev–Trinajstić information content (AvgIpc) is 3.33. The number of hydrogen-bond acceptors (Lipinski definition) is 6. The number of nitriles is 1. The zero-order valence-corrected chi connectivity index (χ0v) is 15.6. The molecule has 1 fully saturated rings. The van der Waals surface area contributed by atoms with Gasteiger partial charge in [0.15, 0.2) is 5.69 Å². The Labute approximate surface area is 166 Å². The predicted molar refractivity (Wildman–Crippen MR) is 103 cm³/mol. The Morgan fingerprint density at radius 2 is 2.14 bits per heavy atom. The summed E-state index contributed by atoms with van der Waals surface area (Å²) in [5, 5.41) is 12.4. The van der Waals surface area contributed by atoms with E-state index in [2.05, 4.69) is 25.2 Å². The summed E-state index contributed by atoms with van der Waals surface area (Å²) >= 11 is 6.44. The standard InChI is InChI=1S/C19H17ClFN7/c20-17-5-16(2-1-13(17)9-27-4-3-14(21)10-27)28-11-19(25-12-28)26-18-8-23-15(6-22)7-24-18/h1-2,5,7-8,11-12,14H,3-4,9-10H2,(H,24,26)/t14-/m1/s1. The van der Waals surface area contributed by atoms with Crippen LogP contribution in [0, 0.1) is 11.3 Å². The van der Waals surface area contributed by atoms with Gasteiger partial charge < -0.3 is 9.88 Å². The highest BCUT2D eigenvalue weighted by atomic mass is 35.5. The maximum absolute atomic E-state index is 13.3. The Morgan fingerprint density at radius 3 is 2.82 bits per heavy atom. The van der Waals surface area contributed by atoms with Crippen LogP contribution in [0.3, 0.4) is 0 Å². The van der Waals surface area contributed by atoms with Crippen molar-refractivity contribution in [2.24, 2.45) is 0 Å². The van der Waals surface area contributed by atoms with Gasteiger partial charge in [0.1, 0.15) is 30.2 Å². The highest BCUT2D eigenvalue weighted by molar-refractivity contribution is 6.31. The molecule has 4 rings (SSSR count). The fraction of sp³-hybridized carbons (Fsp3) is 0.263. The molecular formula is C19H17ClFN7. The summed E-state index contributed by atoms with van der Waals surface area (Å²) < 4.78 is 15.2. The zero-order valence-electron chi connectivity index (χ0n) is 14.9. The first-order valence-electron chi connectivity index (χ1n) is 8.79. The van der Waals surface area contributed by atoms with E-state index >= 15 is 0 Å². The van der Waals surface area contributed by atoms with E-state index in [-0.39, 0.29) is 5.69 Å². The normalized spacial score (nSPS) is 16.8. The molecule has 7 nitrogen and oxygen atoms in total. The van der Waals surface area contributed by atoms with Crippen molar-refractivity contribution in [2.45, 2.75) is 19.1 Å². The molecule has 1 aromatic carbocycles. The second kappa shape index (κ2) is 7.92. The number of nitrogens with zero attached hydrogens (tertiary/aromatic N) is 6. The molecule has 3 heterocycles. The molecule has 28 heavy (non-hydrogen) atoms. The molecule has 9 heteroatoms. The number of aromatic nitrogens is 4. The van der Waals surface area contributed by atoms with Crippen LogP contribution in [0.5, 0.6) is 0 Å². The Morgan fingerprint density at radius 1 is 1.25 bits per heavy atom. The summed E-state index contributed by atoms with van der Waals surface area (Å²) in [5.74, 6) is 1.08. The van der Waals surface area contributed by atoms with Crippen LogP contribution >= 0.6 is 11.6 Å². The smallest absolute Gasteiger partial charge is 0.158 e. The molecule has 1 atom stereocenters. The highest BCUT2D eigenvalue weighted by Gasteiger charge is 2.22. The molecule has 0 radical (unpaired) electrons. The van der Waals surface area contributed by atoms with Crippen LogP contribution in [-0.4, -0.2) is 43.7 Å². The van der Waals surface area contributed by atoms with E-state index < -0.39 is 6.17 Å². The fourth-order valence-corrected chi connectivity index (χ4v) is 3.34. The third-order valence-electron chi connectivity index (χ3n) is 4.55. The van der Waals surface area contributed by atoms with Crippen LogP contribution in [0.4, 0.5) is 16.0 Å². The van der Waals surface area contributed by atoms with E-state index in [0.29, 0.717) is 36.2 Å². The van der Waals surface area contributed by atoms with Crippen molar-refractivity contribution in [3.63, 3.8) is 0 Å². The number of anilines is 2. The predicted octanol–water partition coefficient (Wildman–Crippen LogP) is 3.47. The van der Waals surface area contributed by atoms with Crippen molar-refractivity contribution >= 4 is 23.2 Å².